The lowest BCUT2D eigenvalue weighted by atomic mass is 9.87. The quantitative estimate of drug-likeness (QED) is 0.243. The zero-order valence-electron chi connectivity index (χ0n) is 7.04. The molecule has 0 heterocycles. The lowest BCUT2D eigenvalue weighted by Crippen LogP contribution is -2.32. The molecule has 0 bridgehead atoms. The van der Waals surface area contributed by atoms with E-state index in [0.717, 1.165) is 6.42 Å². The van der Waals surface area contributed by atoms with Crippen molar-refractivity contribution >= 4 is 5.84 Å². The molecule has 0 aromatic rings. The number of aliphatic hydroxyl groups excluding tert-OH is 1. The van der Waals surface area contributed by atoms with Crippen molar-refractivity contribution in [2.45, 2.75) is 26.7 Å². The molecule has 4 N–H and O–H groups in total. The van der Waals surface area contributed by atoms with Crippen molar-refractivity contribution in [3.8, 4) is 0 Å². The SMILES string of the molecule is CC(C)(CCCO)C(N)=NO. The third-order valence-electron chi connectivity index (χ3n) is 1.76. The number of hydrogen-bond donors (Lipinski definition) is 3. The van der Waals surface area contributed by atoms with E-state index in [0.29, 0.717) is 6.42 Å². The Hall–Kier alpha value is -0.770. The van der Waals surface area contributed by atoms with Gasteiger partial charge in [-0.3, -0.25) is 0 Å². The number of oxime groups is 1. The highest BCUT2D eigenvalue weighted by molar-refractivity contribution is 5.85. The summed E-state index contributed by atoms with van der Waals surface area (Å²) < 4.78 is 0. The Morgan fingerprint density at radius 2 is 2.09 bits per heavy atom. The first-order valence-corrected chi connectivity index (χ1v) is 3.63. The Morgan fingerprint density at radius 3 is 2.45 bits per heavy atom. The molecule has 0 radical (unpaired) electrons. The van der Waals surface area contributed by atoms with E-state index >= 15 is 0 Å². The van der Waals surface area contributed by atoms with E-state index in [4.69, 9.17) is 16.0 Å². The Balaban J connectivity index is 3.99. The van der Waals surface area contributed by atoms with E-state index in [9.17, 15) is 0 Å². The summed E-state index contributed by atoms with van der Waals surface area (Å²) in [5.74, 6) is 0.214. The van der Waals surface area contributed by atoms with Crippen LogP contribution in [0.25, 0.3) is 0 Å². The van der Waals surface area contributed by atoms with E-state index < -0.39 is 0 Å². The van der Waals surface area contributed by atoms with Crippen LogP contribution in [0, 0.1) is 5.41 Å². The van der Waals surface area contributed by atoms with Gasteiger partial charge in [0.05, 0.1) is 0 Å². The highest BCUT2D eigenvalue weighted by atomic mass is 16.4. The number of rotatable bonds is 4. The van der Waals surface area contributed by atoms with Gasteiger partial charge in [0.1, 0.15) is 5.84 Å². The minimum Gasteiger partial charge on any atom is -0.409 e. The first-order chi connectivity index (χ1) is 5.04. The average molecular weight is 160 g/mol. The zero-order chi connectivity index (χ0) is 8.91. The van der Waals surface area contributed by atoms with Gasteiger partial charge in [0.15, 0.2) is 0 Å². The van der Waals surface area contributed by atoms with Crippen molar-refractivity contribution in [1.29, 1.82) is 0 Å². The summed E-state index contributed by atoms with van der Waals surface area (Å²) in [6.45, 7) is 3.89. The largest absolute Gasteiger partial charge is 0.409 e. The molecule has 0 aromatic carbocycles. The second kappa shape index (κ2) is 4.18. The molecule has 0 saturated carbocycles. The van der Waals surface area contributed by atoms with E-state index in [1.807, 2.05) is 13.8 Å². The van der Waals surface area contributed by atoms with Crippen LogP contribution in [0.3, 0.4) is 0 Å². The van der Waals surface area contributed by atoms with Gasteiger partial charge in [0.2, 0.25) is 0 Å². The fourth-order valence-corrected chi connectivity index (χ4v) is 0.784. The van der Waals surface area contributed by atoms with Crippen LogP contribution in [-0.2, 0) is 0 Å². The van der Waals surface area contributed by atoms with Gasteiger partial charge in [0.25, 0.3) is 0 Å². The van der Waals surface area contributed by atoms with Crippen molar-refractivity contribution in [1.82, 2.24) is 0 Å². The molecule has 4 heteroatoms. The second-order valence-electron chi connectivity index (χ2n) is 3.20. The minimum atomic E-state index is -0.322. The topological polar surface area (TPSA) is 78.8 Å². The van der Waals surface area contributed by atoms with Crippen molar-refractivity contribution in [3.63, 3.8) is 0 Å². The summed E-state index contributed by atoms with van der Waals surface area (Å²) in [6, 6.07) is 0. The maximum absolute atomic E-state index is 8.54. The van der Waals surface area contributed by atoms with Crippen molar-refractivity contribution in [2.24, 2.45) is 16.3 Å². The minimum absolute atomic E-state index is 0.141. The van der Waals surface area contributed by atoms with Crippen LogP contribution in [0.2, 0.25) is 0 Å². The summed E-state index contributed by atoms with van der Waals surface area (Å²) in [6.07, 6.45) is 1.39. The predicted octanol–water partition coefficient (Wildman–Crippen LogP) is 0.532. The van der Waals surface area contributed by atoms with Gasteiger partial charge in [-0.1, -0.05) is 19.0 Å². The van der Waals surface area contributed by atoms with Gasteiger partial charge in [0, 0.05) is 12.0 Å². The predicted molar refractivity (Wildman–Crippen MR) is 43.5 cm³/mol. The standard InChI is InChI=1S/C7H16N2O2/c1-7(2,4-3-5-10)6(8)9-11/h10-11H,3-5H2,1-2H3,(H2,8,9). The van der Waals surface area contributed by atoms with Crippen LogP contribution >= 0.6 is 0 Å². The Labute approximate surface area is 66.7 Å². The molecule has 0 aliphatic heterocycles. The Bertz CT molecular complexity index is 143. The Kier molecular flexibility index (Phi) is 3.89. The van der Waals surface area contributed by atoms with Gasteiger partial charge in [-0.05, 0) is 12.8 Å². The molecule has 0 saturated heterocycles. The maximum atomic E-state index is 8.54. The molecule has 0 aromatic heterocycles. The summed E-state index contributed by atoms with van der Waals surface area (Å²) >= 11 is 0. The van der Waals surface area contributed by atoms with Crippen LogP contribution < -0.4 is 5.73 Å². The first kappa shape index (κ1) is 10.2. The molecule has 0 rings (SSSR count). The summed E-state index contributed by atoms with van der Waals surface area (Å²) in [4.78, 5) is 0. The highest BCUT2D eigenvalue weighted by Gasteiger charge is 2.22. The van der Waals surface area contributed by atoms with Crippen LogP contribution in [0.4, 0.5) is 0 Å². The van der Waals surface area contributed by atoms with Gasteiger partial charge in [-0.2, -0.15) is 0 Å². The number of hydrogen-bond acceptors (Lipinski definition) is 3. The van der Waals surface area contributed by atoms with Crippen molar-refractivity contribution < 1.29 is 10.3 Å². The molecule has 4 nitrogen and oxygen atoms in total. The average Bonchev–Trinajstić information content (AvgIpc) is 1.99. The molecule has 0 fully saturated rings. The zero-order valence-corrected chi connectivity index (χ0v) is 7.04. The van der Waals surface area contributed by atoms with Gasteiger partial charge in [-0.15, -0.1) is 0 Å². The fraction of sp³-hybridized carbons (Fsp3) is 0.857. The lowest BCUT2D eigenvalue weighted by molar-refractivity contribution is 0.261. The first-order valence-electron chi connectivity index (χ1n) is 3.63. The van der Waals surface area contributed by atoms with E-state index in [1.54, 1.807) is 0 Å². The molecular formula is C7H16N2O2. The lowest BCUT2D eigenvalue weighted by Gasteiger charge is -2.21. The van der Waals surface area contributed by atoms with E-state index in [-0.39, 0.29) is 17.9 Å². The van der Waals surface area contributed by atoms with Crippen molar-refractivity contribution in [2.75, 3.05) is 6.61 Å². The van der Waals surface area contributed by atoms with Crippen LogP contribution in [0.15, 0.2) is 5.16 Å². The molecule has 0 aliphatic rings. The molecule has 66 valence electrons. The highest BCUT2D eigenvalue weighted by Crippen LogP contribution is 2.21. The van der Waals surface area contributed by atoms with E-state index in [2.05, 4.69) is 5.16 Å². The molecule has 0 aliphatic carbocycles. The summed E-state index contributed by atoms with van der Waals surface area (Å²) in [5, 5.41) is 19.8. The normalized spacial score (nSPS) is 13.5. The number of amidine groups is 1. The summed E-state index contributed by atoms with van der Waals surface area (Å²) in [7, 11) is 0. The van der Waals surface area contributed by atoms with Gasteiger partial charge < -0.3 is 16.0 Å². The van der Waals surface area contributed by atoms with Gasteiger partial charge >= 0.3 is 0 Å². The molecule has 0 spiro atoms. The monoisotopic (exact) mass is 160 g/mol. The van der Waals surface area contributed by atoms with Gasteiger partial charge in [-0.25, -0.2) is 0 Å². The van der Waals surface area contributed by atoms with Crippen LogP contribution in [0.1, 0.15) is 26.7 Å². The molecule has 11 heavy (non-hydrogen) atoms. The third-order valence-corrected chi connectivity index (χ3v) is 1.76. The smallest absolute Gasteiger partial charge is 0.144 e. The summed E-state index contributed by atoms with van der Waals surface area (Å²) in [5.41, 5.74) is 5.09. The number of nitrogens with zero attached hydrogens (tertiary/aromatic N) is 1. The maximum Gasteiger partial charge on any atom is 0.144 e. The van der Waals surface area contributed by atoms with Crippen LogP contribution in [-0.4, -0.2) is 22.8 Å². The Morgan fingerprint density at radius 1 is 1.55 bits per heavy atom. The molecule has 0 atom stereocenters. The molecule has 0 unspecified atom stereocenters. The van der Waals surface area contributed by atoms with Crippen LogP contribution in [0.5, 0.6) is 0 Å². The number of aliphatic hydroxyl groups is 1. The van der Waals surface area contributed by atoms with E-state index in [1.165, 1.54) is 0 Å². The fourth-order valence-electron chi connectivity index (χ4n) is 0.784. The number of nitrogens with two attached hydrogens (primary N) is 1. The molecule has 0 amide bonds. The second-order valence-corrected chi connectivity index (χ2v) is 3.20. The third kappa shape index (κ3) is 3.23. The molecular weight excluding hydrogens is 144 g/mol. The van der Waals surface area contributed by atoms with Crippen molar-refractivity contribution in [3.05, 3.63) is 0 Å².